The van der Waals surface area contributed by atoms with Gasteiger partial charge in [0.15, 0.2) is 6.61 Å². The van der Waals surface area contributed by atoms with Crippen LogP contribution < -0.4 is 10.1 Å². The molecule has 0 radical (unpaired) electrons. The maximum atomic E-state index is 12.3. The van der Waals surface area contributed by atoms with E-state index in [0.29, 0.717) is 27.0 Å². The zero-order valence-electron chi connectivity index (χ0n) is 15.2. The summed E-state index contributed by atoms with van der Waals surface area (Å²) < 4.78 is 10.2. The van der Waals surface area contributed by atoms with Gasteiger partial charge in [0.25, 0.3) is 5.91 Å². The van der Waals surface area contributed by atoms with Gasteiger partial charge in [0.05, 0.1) is 17.8 Å². The van der Waals surface area contributed by atoms with Gasteiger partial charge in [-0.1, -0.05) is 41.9 Å². The van der Waals surface area contributed by atoms with Gasteiger partial charge in [0, 0.05) is 11.3 Å². The lowest BCUT2D eigenvalue weighted by Crippen LogP contribution is -2.20. The number of nitrogens with zero attached hydrogens (tertiary/aromatic N) is 1. The van der Waals surface area contributed by atoms with Crippen LogP contribution in [-0.2, 0) is 9.53 Å². The topological polar surface area (TPSA) is 77.5 Å². The second-order valence-electron chi connectivity index (χ2n) is 5.77. The zero-order chi connectivity index (χ0) is 20.1. The molecule has 0 saturated carbocycles. The third-order valence-corrected chi connectivity index (χ3v) is 5.25. The first-order valence-electron chi connectivity index (χ1n) is 8.31. The summed E-state index contributed by atoms with van der Waals surface area (Å²) in [6.07, 6.45) is 0. The number of thiazole rings is 1. The normalized spacial score (nSPS) is 10.4. The molecule has 8 heteroatoms. The van der Waals surface area contributed by atoms with E-state index in [2.05, 4.69) is 10.3 Å². The fourth-order valence-electron chi connectivity index (χ4n) is 2.43. The summed E-state index contributed by atoms with van der Waals surface area (Å²) >= 11 is 7.26. The molecule has 1 amide bonds. The van der Waals surface area contributed by atoms with Crippen molar-refractivity contribution in [2.75, 3.05) is 19.0 Å². The molecule has 144 valence electrons. The first-order valence-corrected chi connectivity index (χ1v) is 9.50. The number of ether oxygens (including phenoxy) is 2. The number of hydrogen-bond acceptors (Lipinski definition) is 6. The van der Waals surface area contributed by atoms with E-state index in [0.717, 1.165) is 10.6 Å². The fourth-order valence-corrected chi connectivity index (χ4v) is 3.65. The average Bonchev–Trinajstić information content (AvgIpc) is 3.09. The third-order valence-electron chi connectivity index (χ3n) is 3.77. The predicted octanol–water partition coefficient (Wildman–Crippen LogP) is 4.58. The van der Waals surface area contributed by atoms with E-state index in [1.165, 1.54) is 18.4 Å². The standard InChI is InChI=1S/C20H17ClN2O4S/c1-12-18(28-19(22-12)13-6-4-3-5-7-13)20(25)27-11-17(24)23-14-8-9-16(26-2)15(21)10-14/h3-10H,11H2,1-2H3,(H,23,24). The van der Waals surface area contributed by atoms with E-state index >= 15 is 0 Å². The minimum absolute atomic E-state index is 0.367. The number of carbonyl (C=O) groups excluding carboxylic acids is 2. The number of aryl methyl sites for hydroxylation is 1. The van der Waals surface area contributed by atoms with E-state index in [4.69, 9.17) is 21.1 Å². The lowest BCUT2D eigenvalue weighted by molar-refractivity contribution is -0.119. The van der Waals surface area contributed by atoms with Gasteiger partial charge < -0.3 is 14.8 Å². The summed E-state index contributed by atoms with van der Waals surface area (Å²) in [4.78, 5) is 29.2. The van der Waals surface area contributed by atoms with Crippen LogP contribution in [0.25, 0.3) is 10.6 Å². The van der Waals surface area contributed by atoms with Crippen molar-refractivity contribution in [1.82, 2.24) is 4.98 Å². The summed E-state index contributed by atoms with van der Waals surface area (Å²) in [6, 6.07) is 14.4. The van der Waals surface area contributed by atoms with Crippen LogP contribution in [-0.4, -0.2) is 30.6 Å². The maximum absolute atomic E-state index is 12.3. The van der Waals surface area contributed by atoms with Gasteiger partial charge in [-0.2, -0.15) is 0 Å². The van der Waals surface area contributed by atoms with Gasteiger partial charge in [-0.25, -0.2) is 9.78 Å². The van der Waals surface area contributed by atoms with E-state index in [1.807, 2.05) is 30.3 Å². The molecule has 0 unspecified atom stereocenters. The van der Waals surface area contributed by atoms with Crippen LogP contribution in [0.2, 0.25) is 5.02 Å². The molecule has 28 heavy (non-hydrogen) atoms. The molecule has 0 fully saturated rings. The quantitative estimate of drug-likeness (QED) is 0.595. The van der Waals surface area contributed by atoms with Crippen LogP contribution in [0, 0.1) is 6.92 Å². The van der Waals surface area contributed by atoms with Gasteiger partial charge in [-0.15, -0.1) is 11.3 Å². The summed E-state index contributed by atoms with van der Waals surface area (Å²) in [5.41, 5.74) is 1.96. The van der Waals surface area contributed by atoms with Crippen LogP contribution in [0.4, 0.5) is 5.69 Å². The fraction of sp³-hybridized carbons (Fsp3) is 0.150. The van der Waals surface area contributed by atoms with Crippen molar-refractivity contribution in [1.29, 1.82) is 0 Å². The lowest BCUT2D eigenvalue weighted by atomic mass is 10.2. The number of nitrogens with one attached hydrogen (secondary N) is 1. The number of anilines is 1. The van der Waals surface area contributed by atoms with Crippen molar-refractivity contribution in [2.24, 2.45) is 0 Å². The number of hydrogen-bond donors (Lipinski definition) is 1. The second-order valence-corrected chi connectivity index (χ2v) is 7.18. The Labute approximate surface area is 171 Å². The Morgan fingerprint density at radius 2 is 1.93 bits per heavy atom. The molecule has 1 aromatic heterocycles. The molecule has 2 aromatic carbocycles. The van der Waals surface area contributed by atoms with E-state index in [1.54, 1.807) is 25.1 Å². The largest absolute Gasteiger partial charge is 0.495 e. The third kappa shape index (κ3) is 4.68. The number of amides is 1. The summed E-state index contributed by atoms with van der Waals surface area (Å²) in [7, 11) is 1.50. The van der Waals surface area contributed by atoms with Crippen LogP contribution in [0.5, 0.6) is 5.75 Å². The van der Waals surface area contributed by atoms with Gasteiger partial charge >= 0.3 is 5.97 Å². The van der Waals surface area contributed by atoms with Crippen molar-refractivity contribution >= 4 is 40.5 Å². The number of benzene rings is 2. The Morgan fingerprint density at radius 3 is 2.61 bits per heavy atom. The second kappa shape index (κ2) is 8.86. The van der Waals surface area contributed by atoms with Crippen LogP contribution in [0.15, 0.2) is 48.5 Å². The molecule has 6 nitrogen and oxygen atoms in total. The number of halogens is 1. The molecule has 0 spiro atoms. The number of rotatable bonds is 6. The summed E-state index contributed by atoms with van der Waals surface area (Å²) in [5, 5.41) is 3.71. The Kier molecular flexibility index (Phi) is 6.28. The molecule has 0 aliphatic heterocycles. The number of carbonyl (C=O) groups is 2. The van der Waals surface area contributed by atoms with Gasteiger partial charge in [-0.3, -0.25) is 4.79 Å². The molecule has 1 heterocycles. The van der Waals surface area contributed by atoms with Gasteiger partial charge in [0.2, 0.25) is 0 Å². The molecule has 0 aliphatic rings. The first-order chi connectivity index (χ1) is 13.5. The molecule has 0 aliphatic carbocycles. The van der Waals surface area contributed by atoms with Gasteiger partial charge in [-0.05, 0) is 25.1 Å². The zero-order valence-corrected chi connectivity index (χ0v) is 16.8. The lowest BCUT2D eigenvalue weighted by Gasteiger charge is -2.08. The molecular formula is C20H17ClN2O4S. The van der Waals surface area contributed by atoms with Crippen molar-refractivity contribution in [3.05, 3.63) is 64.1 Å². The predicted molar refractivity (Wildman–Crippen MR) is 109 cm³/mol. The van der Waals surface area contributed by atoms with E-state index in [9.17, 15) is 9.59 Å². The van der Waals surface area contributed by atoms with Crippen LogP contribution in [0.3, 0.4) is 0 Å². The highest BCUT2D eigenvalue weighted by molar-refractivity contribution is 7.17. The molecule has 0 bridgehead atoms. The van der Waals surface area contributed by atoms with Crippen LogP contribution >= 0.6 is 22.9 Å². The minimum Gasteiger partial charge on any atom is -0.495 e. The van der Waals surface area contributed by atoms with Gasteiger partial charge in [0.1, 0.15) is 15.6 Å². The highest BCUT2D eigenvalue weighted by Crippen LogP contribution is 2.29. The molecule has 1 N–H and O–H groups in total. The molecular weight excluding hydrogens is 400 g/mol. The molecule has 3 aromatic rings. The highest BCUT2D eigenvalue weighted by Gasteiger charge is 2.18. The van der Waals surface area contributed by atoms with Crippen molar-refractivity contribution in [3.63, 3.8) is 0 Å². The van der Waals surface area contributed by atoms with Crippen LogP contribution in [0.1, 0.15) is 15.4 Å². The SMILES string of the molecule is COc1ccc(NC(=O)COC(=O)c2sc(-c3ccccc3)nc2C)cc1Cl. The highest BCUT2D eigenvalue weighted by atomic mass is 35.5. The smallest absolute Gasteiger partial charge is 0.350 e. The number of esters is 1. The Balaban J connectivity index is 1.60. The van der Waals surface area contributed by atoms with E-state index < -0.39 is 18.5 Å². The monoisotopic (exact) mass is 416 g/mol. The Morgan fingerprint density at radius 1 is 1.18 bits per heavy atom. The van der Waals surface area contributed by atoms with E-state index in [-0.39, 0.29) is 0 Å². The molecule has 3 rings (SSSR count). The minimum atomic E-state index is -0.583. The van der Waals surface area contributed by atoms with Crippen molar-refractivity contribution < 1.29 is 19.1 Å². The Bertz CT molecular complexity index is 1000. The molecule has 0 atom stereocenters. The average molecular weight is 417 g/mol. The van der Waals surface area contributed by atoms with Crippen molar-refractivity contribution in [2.45, 2.75) is 6.92 Å². The number of aromatic nitrogens is 1. The maximum Gasteiger partial charge on any atom is 0.350 e. The summed E-state index contributed by atoms with van der Waals surface area (Å²) in [6.45, 7) is 1.32. The Hall–Kier alpha value is -2.90. The molecule has 0 saturated heterocycles. The first kappa shape index (κ1) is 19.9. The van der Waals surface area contributed by atoms with Crippen molar-refractivity contribution in [3.8, 4) is 16.3 Å². The summed E-state index contributed by atoms with van der Waals surface area (Å²) in [5.74, 6) is -0.555. The number of methoxy groups -OCH3 is 1.